The second-order valence-corrected chi connectivity index (χ2v) is 14.0. The van der Waals surface area contributed by atoms with Crippen LogP contribution in [0, 0.1) is 26.2 Å². The highest BCUT2D eigenvalue weighted by Gasteiger charge is 2.48. The van der Waals surface area contributed by atoms with E-state index in [-0.39, 0.29) is 17.8 Å². The van der Waals surface area contributed by atoms with Crippen LogP contribution in [0.4, 0.5) is 5.82 Å². The third-order valence-corrected chi connectivity index (χ3v) is 10.3. The second kappa shape index (κ2) is 12.9. The van der Waals surface area contributed by atoms with E-state index in [1.165, 1.54) is 0 Å². The van der Waals surface area contributed by atoms with E-state index in [4.69, 9.17) is 19.2 Å². The van der Waals surface area contributed by atoms with Gasteiger partial charge < -0.3 is 25.0 Å². The Morgan fingerprint density at radius 2 is 1.91 bits per heavy atom. The van der Waals surface area contributed by atoms with Crippen molar-refractivity contribution in [2.75, 3.05) is 64.1 Å². The Hall–Kier alpha value is -3.10. The molecule has 2 aliphatic heterocycles. The Morgan fingerprint density at radius 1 is 1.16 bits per heavy atom. The number of ether oxygens (including phenoxy) is 1. The van der Waals surface area contributed by atoms with Gasteiger partial charge in [-0.2, -0.15) is 0 Å². The number of hydrogen-bond acceptors (Lipinski definition) is 11. The van der Waals surface area contributed by atoms with E-state index in [0.29, 0.717) is 43.6 Å². The molecule has 2 fully saturated rings. The lowest BCUT2D eigenvalue weighted by Gasteiger charge is -2.53. The van der Waals surface area contributed by atoms with Crippen LogP contribution in [0.3, 0.4) is 0 Å². The molecule has 234 valence electrons. The largest absolute Gasteiger partial charge is 0.491 e. The third kappa shape index (κ3) is 6.86. The molecule has 0 bridgehead atoms. The van der Waals surface area contributed by atoms with Crippen LogP contribution in [-0.4, -0.2) is 103 Å². The third-order valence-electron chi connectivity index (χ3n) is 8.56. The van der Waals surface area contributed by atoms with E-state index in [1.54, 1.807) is 18.3 Å². The molecule has 0 saturated carbocycles. The maximum absolute atomic E-state index is 12.2. The van der Waals surface area contributed by atoms with Gasteiger partial charge in [0.05, 0.1) is 29.4 Å². The van der Waals surface area contributed by atoms with Gasteiger partial charge in [-0.3, -0.25) is 4.90 Å². The Morgan fingerprint density at radius 3 is 2.56 bits per heavy atom. The summed E-state index contributed by atoms with van der Waals surface area (Å²) >= 11 is 0. The fraction of sp³-hybridized carbons (Fsp3) is 0.567. The number of hydrogen-bond donors (Lipinski definition) is 3. The Labute approximate surface area is 253 Å². The first-order valence-corrected chi connectivity index (χ1v) is 16.5. The molecule has 1 aromatic carbocycles. The van der Waals surface area contributed by atoms with E-state index < -0.39 is 16.1 Å². The van der Waals surface area contributed by atoms with Crippen molar-refractivity contribution in [3.05, 3.63) is 41.3 Å². The molecule has 3 aromatic rings. The monoisotopic (exact) mass is 613 g/mol. The minimum Gasteiger partial charge on any atom is -0.491 e. The van der Waals surface area contributed by atoms with Gasteiger partial charge in [-0.25, -0.2) is 22.7 Å². The van der Waals surface area contributed by atoms with Crippen LogP contribution < -0.4 is 15.4 Å². The summed E-state index contributed by atoms with van der Waals surface area (Å²) in [6, 6.07) is 7.55. The molecule has 12 nitrogen and oxygen atoms in total. The van der Waals surface area contributed by atoms with Crippen molar-refractivity contribution in [2.24, 2.45) is 5.41 Å². The van der Waals surface area contributed by atoms with Crippen molar-refractivity contribution < 1.29 is 22.8 Å². The number of likely N-dealkylation sites (N-methyl/N-ethyl adjacent to an activating group) is 1. The number of sulfonamides is 1. The highest BCUT2D eigenvalue weighted by molar-refractivity contribution is 7.89. The SMILES string of the molecule is CCS(=O)(=O)N1CC2(CCN(CNc3nc(-c4cccc(OCC(O)CNC)c4)nc(-c4c(C)noc4C)c3C)CC2)C1. The molecule has 4 heterocycles. The minimum atomic E-state index is -3.11. The van der Waals surface area contributed by atoms with Crippen LogP contribution in [0.5, 0.6) is 5.75 Å². The number of benzene rings is 1. The van der Waals surface area contributed by atoms with E-state index in [0.717, 1.165) is 59.8 Å². The van der Waals surface area contributed by atoms with E-state index in [1.807, 2.05) is 45.0 Å². The average molecular weight is 614 g/mol. The smallest absolute Gasteiger partial charge is 0.213 e. The normalized spacial score (nSPS) is 18.0. The van der Waals surface area contributed by atoms with E-state index >= 15 is 0 Å². The number of nitrogens with one attached hydrogen (secondary N) is 2. The summed E-state index contributed by atoms with van der Waals surface area (Å²) in [5, 5.41) is 20.7. The maximum atomic E-state index is 12.2. The van der Waals surface area contributed by atoms with Gasteiger partial charge in [0, 0.05) is 49.3 Å². The number of nitrogens with zero attached hydrogens (tertiary/aromatic N) is 5. The molecule has 0 radical (unpaired) electrons. The summed E-state index contributed by atoms with van der Waals surface area (Å²) in [7, 11) is -1.33. The number of anilines is 1. The number of aliphatic hydroxyl groups is 1. The summed E-state index contributed by atoms with van der Waals surface area (Å²) in [5.74, 6) is 2.72. The molecule has 2 aromatic heterocycles. The van der Waals surface area contributed by atoms with Crippen LogP contribution in [0.2, 0.25) is 0 Å². The lowest BCUT2D eigenvalue weighted by molar-refractivity contribution is 0.00281. The van der Waals surface area contributed by atoms with Crippen molar-refractivity contribution in [3.8, 4) is 28.4 Å². The number of piperidine rings is 1. The molecule has 0 aliphatic carbocycles. The fourth-order valence-corrected chi connectivity index (χ4v) is 7.17. The van der Waals surface area contributed by atoms with E-state index in [9.17, 15) is 13.5 Å². The zero-order valence-electron chi connectivity index (χ0n) is 25.7. The molecule has 0 amide bonds. The van der Waals surface area contributed by atoms with Crippen LogP contribution in [-0.2, 0) is 10.0 Å². The first kappa shape index (κ1) is 31.3. The Kier molecular flexibility index (Phi) is 9.37. The van der Waals surface area contributed by atoms with Crippen molar-refractivity contribution in [3.63, 3.8) is 0 Å². The lowest BCUT2D eigenvalue weighted by Crippen LogP contribution is -2.62. The number of aryl methyl sites for hydroxylation is 2. The van der Waals surface area contributed by atoms with Crippen LogP contribution >= 0.6 is 0 Å². The number of rotatable bonds is 12. The van der Waals surface area contributed by atoms with Gasteiger partial charge in [-0.1, -0.05) is 17.3 Å². The molecule has 3 N–H and O–H groups in total. The Bertz CT molecular complexity index is 1510. The molecule has 13 heteroatoms. The quantitative estimate of drug-likeness (QED) is 0.277. The summed E-state index contributed by atoms with van der Waals surface area (Å²) in [6.45, 7) is 11.7. The van der Waals surface area contributed by atoms with Gasteiger partial charge >= 0.3 is 0 Å². The molecule has 1 unspecified atom stereocenters. The van der Waals surface area contributed by atoms with Crippen molar-refractivity contribution in [1.82, 2.24) is 29.6 Å². The van der Waals surface area contributed by atoms with Crippen LogP contribution in [0.25, 0.3) is 22.6 Å². The van der Waals surface area contributed by atoms with Crippen molar-refractivity contribution >= 4 is 15.8 Å². The molecular formula is C30H43N7O5S. The first-order chi connectivity index (χ1) is 20.5. The molecular weight excluding hydrogens is 570 g/mol. The van der Waals surface area contributed by atoms with Crippen LogP contribution in [0.15, 0.2) is 28.8 Å². The van der Waals surface area contributed by atoms with Gasteiger partial charge in [-0.05, 0) is 59.7 Å². The van der Waals surface area contributed by atoms with Crippen LogP contribution in [0.1, 0.15) is 36.8 Å². The predicted molar refractivity (Wildman–Crippen MR) is 165 cm³/mol. The predicted octanol–water partition coefficient (Wildman–Crippen LogP) is 2.80. The highest BCUT2D eigenvalue weighted by Crippen LogP contribution is 2.42. The zero-order valence-corrected chi connectivity index (χ0v) is 26.5. The number of aliphatic hydroxyl groups excluding tert-OH is 1. The van der Waals surface area contributed by atoms with Gasteiger partial charge in [0.2, 0.25) is 10.0 Å². The van der Waals surface area contributed by atoms with Crippen molar-refractivity contribution in [2.45, 2.75) is 46.6 Å². The molecule has 5 rings (SSSR count). The lowest BCUT2D eigenvalue weighted by atomic mass is 9.73. The van der Waals surface area contributed by atoms with Gasteiger partial charge in [0.25, 0.3) is 0 Å². The molecule has 1 atom stereocenters. The van der Waals surface area contributed by atoms with Gasteiger partial charge in [0.1, 0.15) is 30.0 Å². The number of aromatic nitrogens is 3. The zero-order chi connectivity index (χ0) is 30.8. The summed E-state index contributed by atoms with van der Waals surface area (Å²) in [5.41, 5.74) is 4.14. The fourth-order valence-electron chi connectivity index (χ4n) is 5.86. The topological polar surface area (TPSA) is 146 Å². The average Bonchev–Trinajstić information content (AvgIpc) is 3.32. The maximum Gasteiger partial charge on any atom is 0.213 e. The van der Waals surface area contributed by atoms with Crippen molar-refractivity contribution in [1.29, 1.82) is 0 Å². The number of likely N-dealkylation sites (tertiary alicyclic amines) is 1. The molecule has 1 spiro atoms. The summed E-state index contributed by atoms with van der Waals surface area (Å²) < 4.78 is 37.4. The molecule has 2 aliphatic rings. The standard InChI is InChI=1S/C30H43N7O5S/c1-6-43(39,40)37-17-30(18-37)10-12-36(13-11-30)19-32-28-20(2)27(26-21(3)35-42-22(26)4)33-29(34-28)23-8-7-9-25(14-23)41-16-24(38)15-31-5/h7-9,14,24,31,38H,6,10-13,15-19H2,1-5H3,(H,32,33,34). The molecule has 2 saturated heterocycles. The van der Waals surface area contributed by atoms with Gasteiger partial charge in [0.15, 0.2) is 5.82 Å². The van der Waals surface area contributed by atoms with E-state index in [2.05, 4.69) is 20.7 Å². The highest BCUT2D eigenvalue weighted by atomic mass is 32.2. The minimum absolute atomic E-state index is 0.101. The van der Waals surface area contributed by atoms with Gasteiger partial charge in [-0.15, -0.1) is 0 Å². The molecule has 43 heavy (non-hydrogen) atoms. The summed E-state index contributed by atoms with van der Waals surface area (Å²) in [4.78, 5) is 12.3. The second-order valence-electron chi connectivity index (χ2n) is 11.7. The summed E-state index contributed by atoms with van der Waals surface area (Å²) in [6.07, 6.45) is 1.32. The Balaban J connectivity index is 1.34. The first-order valence-electron chi connectivity index (χ1n) is 14.9.